The Morgan fingerprint density at radius 2 is 2.07 bits per heavy atom. The van der Waals surface area contributed by atoms with Crippen molar-refractivity contribution in [2.75, 3.05) is 26.2 Å². The zero-order valence-electron chi connectivity index (χ0n) is 16.6. The fraction of sp³-hybridized carbons (Fsp3) is 0.273. The van der Waals surface area contributed by atoms with Crippen molar-refractivity contribution in [1.29, 1.82) is 0 Å². The van der Waals surface area contributed by atoms with Gasteiger partial charge in [0, 0.05) is 48.2 Å². The predicted octanol–water partition coefficient (Wildman–Crippen LogP) is 3.96. The van der Waals surface area contributed by atoms with Gasteiger partial charge in [-0.15, -0.1) is 0 Å². The van der Waals surface area contributed by atoms with E-state index in [2.05, 4.69) is 10.3 Å². The van der Waals surface area contributed by atoms with Gasteiger partial charge in [-0.2, -0.15) is 0 Å². The van der Waals surface area contributed by atoms with Crippen molar-refractivity contribution in [2.45, 2.75) is 13.0 Å². The van der Waals surface area contributed by atoms with Gasteiger partial charge in [0.15, 0.2) is 5.82 Å². The van der Waals surface area contributed by atoms with E-state index >= 15 is 0 Å². The third-order valence-electron chi connectivity index (χ3n) is 4.89. The van der Waals surface area contributed by atoms with Crippen LogP contribution in [0.15, 0.2) is 54.9 Å². The second-order valence-corrected chi connectivity index (χ2v) is 7.30. The van der Waals surface area contributed by atoms with Crippen LogP contribution in [0.4, 0.5) is 4.79 Å². The van der Waals surface area contributed by atoms with Crippen LogP contribution in [0.1, 0.15) is 18.7 Å². The van der Waals surface area contributed by atoms with E-state index < -0.39 is 0 Å². The van der Waals surface area contributed by atoms with Crippen LogP contribution in [0.25, 0.3) is 22.6 Å². The average molecular weight is 424 g/mol. The quantitative estimate of drug-likeness (QED) is 0.684. The summed E-state index contributed by atoms with van der Waals surface area (Å²) >= 11 is 6.06. The number of halogens is 1. The Bertz CT molecular complexity index is 1010. The number of amides is 1. The first-order chi connectivity index (χ1) is 14.7. The summed E-state index contributed by atoms with van der Waals surface area (Å²) in [4.78, 5) is 28.0. The standard InChI is InChI=1S/C22H22ClN5O2/c1-2-30-22(29)28-11-10-25-14-20(28)19-12-18(15-5-7-17(23)8-6-15)26-21(27-19)16-4-3-9-24-13-16/h3-9,12-13,20,25H,2,10-11,14H2,1H3. The molecule has 1 aliphatic rings. The normalized spacial score (nSPS) is 16.3. The molecule has 0 aliphatic carbocycles. The predicted molar refractivity (Wildman–Crippen MR) is 115 cm³/mol. The second-order valence-electron chi connectivity index (χ2n) is 6.86. The minimum atomic E-state index is -0.335. The minimum Gasteiger partial charge on any atom is -0.450 e. The van der Waals surface area contributed by atoms with E-state index in [1.165, 1.54) is 0 Å². The number of hydrogen-bond acceptors (Lipinski definition) is 6. The first-order valence-electron chi connectivity index (χ1n) is 9.85. The number of pyridine rings is 1. The van der Waals surface area contributed by atoms with Crippen LogP contribution >= 0.6 is 11.6 Å². The molecule has 1 fully saturated rings. The number of nitrogens with one attached hydrogen (secondary N) is 1. The maximum atomic E-state index is 12.5. The highest BCUT2D eigenvalue weighted by Crippen LogP contribution is 2.29. The van der Waals surface area contributed by atoms with E-state index in [-0.39, 0.29) is 12.1 Å². The van der Waals surface area contributed by atoms with Gasteiger partial charge < -0.3 is 10.1 Å². The van der Waals surface area contributed by atoms with Crippen molar-refractivity contribution in [2.24, 2.45) is 0 Å². The molecule has 1 amide bonds. The molecule has 154 valence electrons. The number of aromatic nitrogens is 3. The van der Waals surface area contributed by atoms with Crippen LogP contribution in [0.2, 0.25) is 5.02 Å². The van der Waals surface area contributed by atoms with Gasteiger partial charge in [-0.25, -0.2) is 14.8 Å². The van der Waals surface area contributed by atoms with Gasteiger partial charge >= 0.3 is 6.09 Å². The molecule has 1 aliphatic heterocycles. The molecule has 0 saturated carbocycles. The summed E-state index contributed by atoms with van der Waals surface area (Å²) in [6.45, 7) is 3.98. The molecular weight excluding hydrogens is 402 g/mol. The van der Waals surface area contributed by atoms with Gasteiger partial charge in [-0.1, -0.05) is 23.7 Å². The van der Waals surface area contributed by atoms with Crippen molar-refractivity contribution in [3.05, 3.63) is 65.6 Å². The monoisotopic (exact) mass is 423 g/mol. The van der Waals surface area contributed by atoms with Crippen molar-refractivity contribution in [3.63, 3.8) is 0 Å². The molecule has 1 N–H and O–H groups in total. The average Bonchev–Trinajstić information content (AvgIpc) is 2.80. The Morgan fingerprint density at radius 1 is 1.23 bits per heavy atom. The van der Waals surface area contributed by atoms with Crippen LogP contribution in [0, 0.1) is 0 Å². The number of nitrogens with zero attached hydrogens (tertiary/aromatic N) is 4. The van der Waals surface area contributed by atoms with Gasteiger partial charge in [-0.05, 0) is 37.3 Å². The van der Waals surface area contributed by atoms with E-state index in [4.69, 9.17) is 26.3 Å². The molecule has 0 spiro atoms. The van der Waals surface area contributed by atoms with Crippen LogP contribution in [-0.2, 0) is 4.74 Å². The van der Waals surface area contributed by atoms with E-state index in [0.717, 1.165) is 22.5 Å². The molecule has 1 saturated heterocycles. The fourth-order valence-electron chi connectivity index (χ4n) is 3.42. The third-order valence-corrected chi connectivity index (χ3v) is 5.14. The third kappa shape index (κ3) is 4.42. The Labute approximate surface area is 180 Å². The molecule has 3 aromatic rings. The van der Waals surface area contributed by atoms with Gasteiger partial charge in [-0.3, -0.25) is 9.88 Å². The maximum Gasteiger partial charge on any atom is 0.410 e. The molecule has 8 heteroatoms. The van der Waals surface area contributed by atoms with Crippen LogP contribution in [0.5, 0.6) is 0 Å². The van der Waals surface area contributed by atoms with Gasteiger partial charge in [0.25, 0.3) is 0 Å². The lowest BCUT2D eigenvalue weighted by Crippen LogP contribution is -2.49. The Kier molecular flexibility index (Phi) is 6.21. The molecule has 2 aromatic heterocycles. The topological polar surface area (TPSA) is 80.2 Å². The summed E-state index contributed by atoms with van der Waals surface area (Å²) in [5.41, 5.74) is 3.22. The summed E-state index contributed by atoms with van der Waals surface area (Å²) < 4.78 is 5.27. The number of carbonyl (C=O) groups is 1. The Hall–Kier alpha value is -3.03. The Balaban J connectivity index is 1.80. The van der Waals surface area contributed by atoms with Crippen molar-refractivity contribution in [1.82, 2.24) is 25.2 Å². The second kappa shape index (κ2) is 9.19. The summed E-state index contributed by atoms with van der Waals surface area (Å²) in [5.74, 6) is 0.555. The van der Waals surface area contributed by atoms with Gasteiger partial charge in [0.2, 0.25) is 0 Å². The zero-order valence-corrected chi connectivity index (χ0v) is 17.3. The minimum absolute atomic E-state index is 0.262. The van der Waals surface area contributed by atoms with E-state index in [1.54, 1.807) is 24.2 Å². The summed E-state index contributed by atoms with van der Waals surface area (Å²) in [5, 5.41) is 4.00. The smallest absolute Gasteiger partial charge is 0.410 e. The maximum absolute atomic E-state index is 12.5. The number of hydrogen-bond donors (Lipinski definition) is 1. The molecule has 4 rings (SSSR count). The number of carbonyl (C=O) groups excluding carboxylic acids is 1. The zero-order chi connectivity index (χ0) is 20.9. The van der Waals surface area contributed by atoms with Crippen molar-refractivity contribution < 1.29 is 9.53 Å². The van der Waals surface area contributed by atoms with Crippen molar-refractivity contribution >= 4 is 17.7 Å². The molecule has 1 aromatic carbocycles. The fourth-order valence-corrected chi connectivity index (χ4v) is 3.55. The lowest BCUT2D eigenvalue weighted by Gasteiger charge is -2.35. The molecular formula is C22H22ClN5O2. The van der Waals surface area contributed by atoms with E-state index in [1.807, 2.05) is 42.5 Å². The van der Waals surface area contributed by atoms with Gasteiger partial charge in [0.1, 0.15) is 0 Å². The lowest BCUT2D eigenvalue weighted by atomic mass is 10.1. The first kappa shape index (κ1) is 20.3. The number of rotatable bonds is 4. The number of benzene rings is 1. The largest absolute Gasteiger partial charge is 0.450 e. The summed E-state index contributed by atoms with van der Waals surface area (Å²) in [7, 11) is 0. The number of piperazine rings is 1. The highest BCUT2D eigenvalue weighted by Gasteiger charge is 2.30. The molecule has 0 radical (unpaired) electrons. The van der Waals surface area contributed by atoms with E-state index in [0.29, 0.717) is 37.1 Å². The van der Waals surface area contributed by atoms with Gasteiger partial charge in [0.05, 0.1) is 24.0 Å². The van der Waals surface area contributed by atoms with E-state index in [9.17, 15) is 4.79 Å². The molecule has 30 heavy (non-hydrogen) atoms. The van der Waals surface area contributed by atoms with Crippen LogP contribution < -0.4 is 5.32 Å². The highest BCUT2D eigenvalue weighted by atomic mass is 35.5. The van der Waals surface area contributed by atoms with Crippen molar-refractivity contribution in [3.8, 4) is 22.6 Å². The lowest BCUT2D eigenvalue weighted by molar-refractivity contribution is 0.0801. The summed E-state index contributed by atoms with van der Waals surface area (Å²) in [6.07, 6.45) is 3.10. The van der Waals surface area contributed by atoms with Crippen LogP contribution in [-0.4, -0.2) is 52.2 Å². The van der Waals surface area contributed by atoms with Crippen LogP contribution in [0.3, 0.4) is 0 Å². The molecule has 1 atom stereocenters. The molecule has 3 heterocycles. The molecule has 7 nitrogen and oxygen atoms in total. The highest BCUT2D eigenvalue weighted by molar-refractivity contribution is 6.30. The Morgan fingerprint density at radius 3 is 2.80 bits per heavy atom. The molecule has 0 bridgehead atoms. The number of ether oxygens (including phenoxy) is 1. The first-order valence-corrected chi connectivity index (χ1v) is 10.2. The summed E-state index contributed by atoms with van der Waals surface area (Å²) in [6, 6.07) is 12.9. The SMILES string of the molecule is CCOC(=O)N1CCNCC1c1cc(-c2ccc(Cl)cc2)nc(-c2cccnc2)n1. The molecule has 1 unspecified atom stereocenters.